The van der Waals surface area contributed by atoms with Gasteiger partial charge in [-0.3, -0.25) is 9.59 Å². The predicted octanol–water partition coefficient (Wildman–Crippen LogP) is 5.71. The van der Waals surface area contributed by atoms with Gasteiger partial charge in [0.1, 0.15) is 34.6 Å². The first-order valence-corrected chi connectivity index (χ1v) is 21.2. The molecule has 0 spiro atoms. The van der Waals surface area contributed by atoms with E-state index in [-0.39, 0.29) is 67.5 Å². The normalized spacial score (nSPS) is 10.7. The van der Waals surface area contributed by atoms with Gasteiger partial charge in [-0.15, -0.1) is 0 Å². The molecule has 0 bridgehead atoms. The van der Waals surface area contributed by atoms with Crippen LogP contribution in [0.15, 0.2) is 97.1 Å². The second-order valence-corrected chi connectivity index (χ2v) is 15.4. The molecule has 0 aromatic heterocycles. The highest BCUT2D eigenvalue weighted by Gasteiger charge is 2.25. The fourth-order valence-corrected chi connectivity index (χ4v) is 7.59. The first kappa shape index (κ1) is 51.1. The minimum atomic E-state index is -0.898. The molecule has 0 fully saturated rings. The molecule has 18 heteroatoms. The number of esters is 2. The molecule has 18 nitrogen and oxygen atoms in total. The lowest BCUT2D eigenvalue weighted by molar-refractivity contribution is 0.0718. The van der Waals surface area contributed by atoms with E-state index in [1.165, 1.54) is 113 Å². The third-order valence-electron chi connectivity index (χ3n) is 11.4. The topological polar surface area (TPSA) is 255 Å². The molecule has 0 aliphatic heterocycles. The first-order chi connectivity index (χ1) is 33.7. The first-order valence-electron chi connectivity index (χ1n) is 21.2. The second kappa shape index (κ2) is 22.7. The van der Waals surface area contributed by atoms with Crippen molar-refractivity contribution in [2.24, 2.45) is 0 Å². The maximum atomic E-state index is 13.9. The zero-order chi connectivity index (χ0) is 50.8. The van der Waals surface area contributed by atoms with E-state index in [1.54, 1.807) is 36.4 Å². The maximum absolute atomic E-state index is 13.9. The number of rotatable bonds is 18. The largest absolute Gasteiger partial charge is 0.496 e. The van der Waals surface area contributed by atoms with Crippen LogP contribution in [0.5, 0.6) is 34.5 Å². The highest BCUT2D eigenvalue weighted by Crippen LogP contribution is 2.38. The van der Waals surface area contributed by atoms with Crippen LogP contribution in [0, 0.1) is 11.3 Å². The molecular formula is C52H49N3O15. The van der Waals surface area contributed by atoms with Crippen molar-refractivity contribution < 1.29 is 73.1 Å². The smallest absolute Gasteiger partial charge is 0.347 e. The quantitative estimate of drug-likeness (QED) is 0.0511. The van der Waals surface area contributed by atoms with Gasteiger partial charge < -0.3 is 63.8 Å². The summed E-state index contributed by atoms with van der Waals surface area (Å²) in [5.74, 6) is -1.89. The van der Waals surface area contributed by atoms with Gasteiger partial charge in [0.05, 0.1) is 78.3 Å². The number of hydrogen-bond acceptors (Lipinski definition) is 16. The molecule has 0 heterocycles. The zero-order valence-electron chi connectivity index (χ0n) is 38.9. The molecule has 0 saturated heterocycles. The molecule has 6 aromatic carbocycles. The summed E-state index contributed by atoms with van der Waals surface area (Å²) in [5.41, 5.74) is 3.36. The van der Waals surface area contributed by atoms with E-state index in [0.29, 0.717) is 45.1 Å². The van der Waals surface area contributed by atoms with Crippen molar-refractivity contribution >= 4 is 35.1 Å². The number of carbonyl (C=O) groups excluding carboxylic acids is 4. The molecule has 2 amide bonds. The summed E-state index contributed by atoms with van der Waals surface area (Å²) in [6.07, 6.45) is 0. The van der Waals surface area contributed by atoms with E-state index in [2.05, 4.69) is 0 Å². The number of hydrogen-bond donors (Lipinski definition) is 5. The minimum Gasteiger partial charge on any atom is -0.496 e. The average Bonchev–Trinajstić information content (AvgIpc) is 3.40. The predicted molar refractivity (Wildman–Crippen MR) is 254 cm³/mol. The van der Waals surface area contributed by atoms with E-state index in [0.717, 1.165) is 0 Å². The van der Waals surface area contributed by atoms with E-state index in [9.17, 15) is 50.0 Å². The molecule has 0 atom stereocenters. The Bertz CT molecular complexity index is 3020. The summed E-state index contributed by atoms with van der Waals surface area (Å²) in [4.78, 5) is 56.8. The van der Waals surface area contributed by atoms with Gasteiger partial charge in [0, 0.05) is 54.2 Å². The van der Waals surface area contributed by atoms with E-state index in [1.807, 2.05) is 6.07 Å². The molecular weight excluding hydrogens is 907 g/mol. The standard InChI is InChI=1S/C52H49N3O15/c1-54(49(61)32-10-14-44(38(17-32)28-60)70-51(63)39-19-35(25-57)34(24-56)18-36(39)26-58)41-11-7-29(15-37(41)27-59)30-8-12-42(46(20-30)66-4)55(2)50(62)31-9-13-43(33(16-31)23-53)69-52(64)40-21-47(67-5)48(68-6)22-45(40)65-3/h7-22,56-60H,24-28H2,1-6H3. The van der Waals surface area contributed by atoms with Gasteiger partial charge in [-0.1, -0.05) is 12.1 Å². The Labute approximate surface area is 402 Å². The Hall–Kier alpha value is -8.31. The number of nitrogens with zero attached hydrogens (tertiary/aromatic N) is 3. The molecule has 5 N–H and O–H groups in total. The van der Waals surface area contributed by atoms with Crippen LogP contribution in [0.2, 0.25) is 0 Å². The summed E-state index contributed by atoms with van der Waals surface area (Å²) in [6, 6.07) is 25.9. The number of benzene rings is 6. The molecule has 0 aliphatic rings. The monoisotopic (exact) mass is 955 g/mol. The minimum absolute atomic E-state index is 0.00855. The fraction of sp³-hybridized carbons (Fsp3) is 0.212. The number of ether oxygens (including phenoxy) is 6. The number of anilines is 2. The maximum Gasteiger partial charge on any atom is 0.347 e. The zero-order valence-corrected chi connectivity index (χ0v) is 38.9. The van der Waals surface area contributed by atoms with Crippen LogP contribution < -0.4 is 38.2 Å². The summed E-state index contributed by atoms with van der Waals surface area (Å²) in [6.45, 7) is -2.52. The Kier molecular flexibility index (Phi) is 16.5. The SMILES string of the molecule is COc1cc(OC)c(C(=O)Oc2ccc(C(=O)N(C)c3ccc(-c4ccc(N(C)C(=O)c5ccc(OC(=O)c6cc(CO)c(CO)cc6CO)c(CO)c5)c(CO)c4)cc3OC)cc2C#N)cc1OC. The van der Waals surface area contributed by atoms with Gasteiger partial charge in [0.25, 0.3) is 11.8 Å². The van der Waals surface area contributed by atoms with Crippen LogP contribution in [0.1, 0.15) is 74.8 Å². The van der Waals surface area contributed by atoms with Crippen molar-refractivity contribution in [1.29, 1.82) is 5.26 Å². The number of aliphatic hydroxyl groups excluding tert-OH is 5. The Morgan fingerprint density at radius 3 is 1.54 bits per heavy atom. The number of carbonyl (C=O) groups is 4. The summed E-state index contributed by atoms with van der Waals surface area (Å²) in [7, 11) is 8.68. The van der Waals surface area contributed by atoms with Crippen LogP contribution in [0.4, 0.5) is 11.4 Å². The van der Waals surface area contributed by atoms with Crippen LogP contribution in [-0.2, 0) is 33.0 Å². The average molecular weight is 956 g/mol. The summed E-state index contributed by atoms with van der Waals surface area (Å²) < 4.78 is 32.8. The highest BCUT2D eigenvalue weighted by molar-refractivity contribution is 6.08. The molecule has 6 rings (SSSR count). The molecule has 0 radical (unpaired) electrons. The Morgan fingerprint density at radius 2 is 0.957 bits per heavy atom. The van der Waals surface area contributed by atoms with E-state index >= 15 is 0 Å². The lowest BCUT2D eigenvalue weighted by Gasteiger charge is -2.23. The van der Waals surface area contributed by atoms with Gasteiger partial charge in [0.2, 0.25) is 0 Å². The van der Waals surface area contributed by atoms with E-state index < -0.39 is 56.8 Å². The van der Waals surface area contributed by atoms with Crippen molar-refractivity contribution in [1.82, 2.24) is 0 Å². The molecule has 0 saturated carbocycles. The molecule has 6 aromatic rings. The second-order valence-electron chi connectivity index (χ2n) is 15.4. The molecule has 0 unspecified atom stereocenters. The molecule has 70 heavy (non-hydrogen) atoms. The third kappa shape index (κ3) is 10.5. The number of nitriles is 1. The van der Waals surface area contributed by atoms with Crippen molar-refractivity contribution in [2.45, 2.75) is 33.0 Å². The van der Waals surface area contributed by atoms with Crippen LogP contribution in [0.25, 0.3) is 11.1 Å². The van der Waals surface area contributed by atoms with Crippen LogP contribution in [-0.4, -0.2) is 91.8 Å². The third-order valence-corrected chi connectivity index (χ3v) is 11.4. The van der Waals surface area contributed by atoms with Crippen LogP contribution in [0.3, 0.4) is 0 Å². The van der Waals surface area contributed by atoms with Gasteiger partial charge in [-0.05, 0) is 101 Å². The van der Waals surface area contributed by atoms with Gasteiger partial charge in [-0.2, -0.15) is 5.26 Å². The lowest BCUT2D eigenvalue weighted by Crippen LogP contribution is -2.27. The van der Waals surface area contributed by atoms with Crippen LogP contribution >= 0.6 is 0 Å². The Balaban J connectivity index is 1.18. The van der Waals surface area contributed by atoms with Crippen molar-refractivity contribution in [3.05, 3.63) is 153 Å². The van der Waals surface area contributed by atoms with Gasteiger partial charge in [-0.25, -0.2) is 9.59 Å². The lowest BCUT2D eigenvalue weighted by atomic mass is 9.99. The van der Waals surface area contributed by atoms with Crippen molar-refractivity contribution in [3.8, 4) is 51.7 Å². The van der Waals surface area contributed by atoms with Crippen molar-refractivity contribution in [2.75, 3.05) is 52.3 Å². The molecule has 0 aliphatic carbocycles. The molecule has 362 valence electrons. The van der Waals surface area contributed by atoms with Crippen molar-refractivity contribution in [3.63, 3.8) is 0 Å². The summed E-state index contributed by atoms with van der Waals surface area (Å²) >= 11 is 0. The number of aliphatic hydroxyl groups is 5. The van der Waals surface area contributed by atoms with E-state index in [4.69, 9.17) is 28.4 Å². The van der Waals surface area contributed by atoms with Gasteiger partial charge >= 0.3 is 11.9 Å². The highest BCUT2D eigenvalue weighted by atomic mass is 16.5. The summed E-state index contributed by atoms with van der Waals surface area (Å²) in [5, 5.41) is 59.9. The number of methoxy groups -OCH3 is 4. The number of amides is 2. The fourth-order valence-electron chi connectivity index (χ4n) is 7.59. The van der Waals surface area contributed by atoms with Gasteiger partial charge in [0.15, 0.2) is 11.5 Å². The Morgan fingerprint density at radius 1 is 0.457 bits per heavy atom.